The average Bonchev–Trinajstić information content (AvgIpc) is 2.66. The summed E-state index contributed by atoms with van der Waals surface area (Å²) < 4.78 is 0. The van der Waals surface area contributed by atoms with Crippen LogP contribution in [0.5, 0.6) is 0 Å². The fourth-order valence-electron chi connectivity index (χ4n) is 3.96. The maximum atomic E-state index is 13.0. The Morgan fingerprint density at radius 3 is 1.64 bits per heavy atom. The molecule has 3 rings (SSSR count). The summed E-state index contributed by atoms with van der Waals surface area (Å²) >= 11 is 5.95. The smallest absolute Gasteiger partial charge is 0.238 e. The molecule has 2 aromatic rings. The third kappa shape index (κ3) is 3.21. The summed E-state index contributed by atoms with van der Waals surface area (Å²) in [5.74, 6) is -0.605. The van der Waals surface area contributed by atoms with E-state index >= 15 is 0 Å². The summed E-state index contributed by atoms with van der Waals surface area (Å²) in [6, 6.07) is 18.9. The van der Waals surface area contributed by atoms with E-state index in [1.54, 1.807) is 0 Å². The maximum absolute atomic E-state index is 13.0. The zero-order valence-corrected chi connectivity index (χ0v) is 15.2. The van der Waals surface area contributed by atoms with E-state index < -0.39 is 0 Å². The maximum Gasteiger partial charge on any atom is 0.238 e. The molecule has 0 N–H and O–H groups in total. The molecule has 0 radical (unpaired) electrons. The van der Waals surface area contributed by atoms with Gasteiger partial charge in [0.05, 0.1) is 12.1 Å². The van der Waals surface area contributed by atoms with E-state index in [1.165, 1.54) is 0 Å². The van der Waals surface area contributed by atoms with E-state index in [-0.39, 0.29) is 41.5 Å². The number of rotatable bonds is 3. The van der Waals surface area contributed by atoms with Crippen molar-refractivity contribution in [2.24, 2.45) is 11.8 Å². The van der Waals surface area contributed by atoms with Gasteiger partial charge in [0.2, 0.25) is 5.91 Å². The Balaban J connectivity index is 2.15. The van der Waals surface area contributed by atoms with E-state index in [0.29, 0.717) is 0 Å². The molecule has 1 heterocycles. The van der Waals surface area contributed by atoms with Crippen LogP contribution in [0, 0.1) is 11.8 Å². The number of piperidine rings is 1. The lowest BCUT2D eigenvalue weighted by atomic mass is 9.74. The molecule has 0 aliphatic carbocycles. The minimum atomic E-state index is -0.304. The summed E-state index contributed by atoms with van der Waals surface area (Å²) in [7, 11) is 0. The van der Waals surface area contributed by atoms with Crippen LogP contribution in [0.15, 0.2) is 60.7 Å². The third-order valence-electron chi connectivity index (χ3n) is 5.13. The second kappa shape index (κ2) is 7.40. The lowest BCUT2D eigenvalue weighted by molar-refractivity contribution is -0.149. The van der Waals surface area contributed by atoms with E-state index in [2.05, 4.69) is 0 Å². The number of carbonyl (C=O) groups excluding carboxylic acids is 2. The van der Waals surface area contributed by atoms with Crippen LogP contribution < -0.4 is 0 Å². The van der Waals surface area contributed by atoms with Gasteiger partial charge in [0, 0.05) is 11.8 Å². The molecule has 1 amide bonds. The van der Waals surface area contributed by atoms with Gasteiger partial charge < -0.3 is 4.90 Å². The Bertz CT molecular complexity index is 692. The largest absolute Gasteiger partial charge is 0.326 e. The highest BCUT2D eigenvalue weighted by molar-refractivity contribution is 6.27. The number of halogens is 1. The normalized spacial score (nSPS) is 26.5. The predicted octanol–water partition coefficient (Wildman–Crippen LogP) is 4.39. The van der Waals surface area contributed by atoms with Gasteiger partial charge in [-0.1, -0.05) is 74.5 Å². The van der Waals surface area contributed by atoms with Crippen molar-refractivity contribution in [3.63, 3.8) is 0 Å². The van der Waals surface area contributed by atoms with Gasteiger partial charge in [0.15, 0.2) is 0 Å². The highest BCUT2D eigenvalue weighted by Crippen LogP contribution is 2.46. The molecule has 130 valence electrons. The number of likely N-dealkylation sites (tertiary alicyclic amines) is 1. The molecular formula is C21H22ClNO2. The van der Waals surface area contributed by atoms with Crippen molar-refractivity contribution in [3.05, 3.63) is 71.8 Å². The van der Waals surface area contributed by atoms with Gasteiger partial charge in [-0.15, -0.1) is 11.6 Å². The Hall–Kier alpha value is -2.13. The van der Waals surface area contributed by atoms with Crippen molar-refractivity contribution in [3.8, 4) is 0 Å². The topological polar surface area (TPSA) is 37.4 Å². The van der Waals surface area contributed by atoms with Gasteiger partial charge in [0.25, 0.3) is 0 Å². The zero-order valence-electron chi connectivity index (χ0n) is 14.4. The van der Waals surface area contributed by atoms with Crippen molar-refractivity contribution >= 4 is 23.3 Å². The van der Waals surface area contributed by atoms with Crippen LogP contribution in [0.2, 0.25) is 0 Å². The molecule has 0 saturated carbocycles. The average molecular weight is 356 g/mol. The zero-order chi connectivity index (χ0) is 18.0. The van der Waals surface area contributed by atoms with Gasteiger partial charge in [0.1, 0.15) is 11.7 Å². The van der Waals surface area contributed by atoms with Crippen LogP contribution in [0.3, 0.4) is 0 Å². The molecule has 1 aliphatic rings. The Labute approximate surface area is 153 Å². The number of alkyl halides is 1. The predicted molar refractivity (Wildman–Crippen MR) is 99.3 cm³/mol. The van der Waals surface area contributed by atoms with Gasteiger partial charge in [-0.05, 0) is 11.1 Å². The number of nitrogens with zero attached hydrogens (tertiary/aromatic N) is 1. The standard InChI is InChI=1S/C21H22ClNO2/c1-14-19(16-9-5-3-6-10-16)23(18(24)13-22)20(15(2)21(14)25)17-11-7-4-8-12-17/h3-12,14-15,19-20H,13H2,1-2H3. The van der Waals surface area contributed by atoms with Crippen LogP contribution in [-0.2, 0) is 9.59 Å². The number of amides is 1. The summed E-state index contributed by atoms with van der Waals surface area (Å²) in [5, 5.41) is 0. The van der Waals surface area contributed by atoms with Crippen molar-refractivity contribution in [1.82, 2.24) is 4.90 Å². The lowest BCUT2D eigenvalue weighted by Gasteiger charge is -2.48. The minimum Gasteiger partial charge on any atom is -0.326 e. The molecule has 1 saturated heterocycles. The number of hydrogen-bond acceptors (Lipinski definition) is 2. The number of hydrogen-bond donors (Lipinski definition) is 0. The third-order valence-corrected chi connectivity index (χ3v) is 5.36. The summed E-state index contributed by atoms with van der Waals surface area (Å²) in [5.41, 5.74) is 1.93. The number of benzene rings is 2. The Kier molecular flexibility index (Phi) is 5.24. The van der Waals surface area contributed by atoms with E-state index in [1.807, 2.05) is 79.4 Å². The summed E-state index contributed by atoms with van der Waals surface area (Å²) in [4.78, 5) is 27.6. The molecule has 4 heteroatoms. The van der Waals surface area contributed by atoms with Crippen LogP contribution in [-0.4, -0.2) is 22.5 Å². The highest BCUT2D eigenvalue weighted by Gasteiger charge is 2.47. The van der Waals surface area contributed by atoms with Crippen molar-refractivity contribution in [2.75, 3.05) is 5.88 Å². The molecule has 0 aromatic heterocycles. The summed E-state index contributed by atoms with van der Waals surface area (Å²) in [6.07, 6.45) is 0. The second-order valence-electron chi connectivity index (χ2n) is 6.63. The number of ketones is 1. The highest BCUT2D eigenvalue weighted by atomic mass is 35.5. The van der Waals surface area contributed by atoms with Crippen LogP contribution in [0.25, 0.3) is 0 Å². The molecule has 0 bridgehead atoms. The molecule has 25 heavy (non-hydrogen) atoms. The fraction of sp³-hybridized carbons (Fsp3) is 0.333. The van der Waals surface area contributed by atoms with Crippen LogP contribution >= 0.6 is 11.6 Å². The monoisotopic (exact) mass is 355 g/mol. The van der Waals surface area contributed by atoms with Gasteiger partial charge in [-0.2, -0.15) is 0 Å². The van der Waals surface area contributed by atoms with Crippen molar-refractivity contribution in [2.45, 2.75) is 25.9 Å². The van der Waals surface area contributed by atoms with Gasteiger partial charge in [-0.3, -0.25) is 9.59 Å². The lowest BCUT2D eigenvalue weighted by Crippen LogP contribution is -2.52. The van der Waals surface area contributed by atoms with Gasteiger partial charge >= 0.3 is 0 Å². The van der Waals surface area contributed by atoms with E-state index in [0.717, 1.165) is 11.1 Å². The van der Waals surface area contributed by atoms with Crippen LogP contribution in [0.1, 0.15) is 37.1 Å². The molecule has 4 unspecified atom stereocenters. The Morgan fingerprint density at radius 1 is 0.880 bits per heavy atom. The first-order valence-electron chi connectivity index (χ1n) is 8.57. The molecule has 0 spiro atoms. The molecule has 3 nitrogen and oxygen atoms in total. The minimum absolute atomic E-state index is 0.0969. The number of carbonyl (C=O) groups is 2. The summed E-state index contributed by atoms with van der Waals surface area (Å²) in [6.45, 7) is 3.82. The first-order chi connectivity index (χ1) is 12.1. The molecule has 2 aromatic carbocycles. The Morgan fingerprint density at radius 2 is 1.28 bits per heavy atom. The van der Waals surface area contributed by atoms with E-state index in [9.17, 15) is 9.59 Å². The first-order valence-corrected chi connectivity index (χ1v) is 9.10. The number of Topliss-reactive ketones (excluding diaryl/α,β-unsaturated/α-hetero) is 1. The molecular weight excluding hydrogens is 334 g/mol. The van der Waals surface area contributed by atoms with Crippen molar-refractivity contribution in [1.29, 1.82) is 0 Å². The fourth-order valence-corrected chi connectivity index (χ4v) is 4.10. The van der Waals surface area contributed by atoms with Gasteiger partial charge in [-0.25, -0.2) is 0 Å². The second-order valence-corrected chi connectivity index (χ2v) is 6.89. The first kappa shape index (κ1) is 17.7. The van der Waals surface area contributed by atoms with Crippen molar-refractivity contribution < 1.29 is 9.59 Å². The molecule has 1 fully saturated rings. The molecule has 1 aliphatic heterocycles. The van der Waals surface area contributed by atoms with Crippen LogP contribution in [0.4, 0.5) is 0 Å². The molecule has 4 atom stereocenters. The van der Waals surface area contributed by atoms with E-state index in [4.69, 9.17) is 11.6 Å². The quantitative estimate of drug-likeness (QED) is 0.766. The SMILES string of the molecule is CC1C(=O)C(C)C(c2ccccc2)N(C(=O)CCl)C1c1ccccc1.